The zero-order valence-electron chi connectivity index (χ0n) is 17.7. The number of aromatic nitrogens is 2. The molecule has 2 heterocycles. The summed E-state index contributed by atoms with van der Waals surface area (Å²) in [4.78, 5) is 20.7. The van der Waals surface area contributed by atoms with E-state index in [0.717, 1.165) is 45.3 Å². The molecule has 0 radical (unpaired) electrons. The molecule has 0 bridgehead atoms. The molecule has 0 aliphatic carbocycles. The lowest BCUT2D eigenvalue weighted by Crippen LogP contribution is -2.24. The second-order valence-corrected chi connectivity index (χ2v) is 8.17. The van der Waals surface area contributed by atoms with Crippen molar-refractivity contribution >= 4 is 27.7 Å². The summed E-state index contributed by atoms with van der Waals surface area (Å²) < 4.78 is 0. The molecule has 0 aliphatic rings. The van der Waals surface area contributed by atoms with E-state index in [0.29, 0.717) is 6.42 Å². The van der Waals surface area contributed by atoms with Crippen molar-refractivity contribution in [3.8, 4) is 0 Å². The molecular formula is C25H30N4O2. The summed E-state index contributed by atoms with van der Waals surface area (Å²) in [6.45, 7) is 2.70. The van der Waals surface area contributed by atoms with Gasteiger partial charge in [0.2, 0.25) is 5.91 Å². The third-order valence-electron chi connectivity index (χ3n) is 5.71. The third-order valence-corrected chi connectivity index (χ3v) is 5.71. The number of nitrogens with one attached hydrogen (secondary N) is 3. The van der Waals surface area contributed by atoms with Crippen LogP contribution in [0.3, 0.4) is 0 Å². The van der Waals surface area contributed by atoms with Crippen molar-refractivity contribution in [1.82, 2.24) is 20.3 Å². The molecule has 1 amide bonds. The quantitative estimate of drug-likeness (QED) is 0.155. The highest BCUT2D eigenvalue weighted by Crippen LogP contribution is 2.20. The summed E-state index contributed by atoms with van der Waals surface area (Å²) >= 11 is 0. The fourth-order valence-electron chi connectivity index (χ4n) is 4.16. The Morgan fingerprint density at radius 2 is 1.35 bits per heavy atom. The largest absolute Gasteiger partial charge is 0.357 e. The van der Waals surface area contributed by atoms with Crippen LogP contribution in [0.15, 0.2) is 60.7 Å². The second kappa shape index (κ2) is 10.3. The summed E-state index contributed by atoms with van der Waals surface area (Å²) in [5.41, 5.74) is 6.48. The Hall–Kier alpha value is -3.09. The normalized spacial score (nSPS) is 11.5. The van der Waals surface area contributed by atoms with E-state index in [1.165, 1.54) is 33.2 Å². The van der Waals surface area contributed by atoms with Gasteiger partial charge in [-0.1, -0.05) is 49.2 Å². The molecular weight excluding hydrogens is 388 g/mol. The first-order chi connectivity index (χ1) is 15.2. The predicted molar refractivity (Wildman–Crippen MR) is 124 cm³/mol. The van der Waals surface area contributed by atoms with Crippen LogP contribution >= 0.6 is 0 Å². The number of carbonyl (C=O) groups is 1. The highest BCUT2D eigenvalue weighted by molar-refractivity contribution is 5.80. The fourth-order valence-corrected chi connectivity index (χ4v) is 4.16. The van der Waals surface area contributed by atoms with Gasteiger partial charge < -0.3 is 9.97 Å². The van der Waals surface area contributed by atoms with Crippen molar-refractivity contribution in [1.29, 1.82) is 0 Å². The molecule has 4 aromatic rings. The average molecular weight is 419 g/mol. The molecule has 0 fully saturated rings. The molecule has 2 aromatic heterocycles. The number of benzene rings is 2. The molecule has 0 unspecified atom stereocenters. The van der Waals surface area contributed by atoms with Crippen LogP contribution in [0.1, 0.15) is 43.5 Å². The zero-order chi connectivity index (χ0) is 21.5. The van der Waals surface area contributed by atoms with E-state index < -0.39 is 0 Å². The van der Waals surface area contributed by atoms with E-state index in [4.69, 9.17) is 5.21 Å². The Morgan fingerprint density at radius 1 is 0.806 bits per heavy atom. The highest BCUT2D eigenvalue weighted by atomic mass is 16.5. The van der Waals surface area contributed by atoms with Gasteiger partial charge >= 0.3 is 0 Å². The number of aromatic amines is 2. The minimum Gasteiger partial charge on any atom is -0.357 e. The smallest absolute Gasteiger partial charge is 0.243 e. The van der Waals surface area contributed by atoms with Crippen molar-refractivity contribution in [2.45, 2.75) is 45.2 Å². The number of nitrogens with zero attached hydrogens (tertiary/aromatic N) is 1. The molecule has 162 valence electrons. The summed E-state index contributed by atoms with van der Waals surface area (Å²) in [6, 6.07) is 21.2. The third kappa shape index (κ3) is 5.75. The SMILES string of the molecule is O=C(CCCCCCN(Cc1cc2ccccc2[nH]1)Cc1cc2ccccc2[nH]1)NO. The lowest BCUT2D eigenvalue weighted by atomic mass is 10.1. The molecule has 0 spiro atoms. The number of H-pyrrole nitrogens is 2. The monoisotopic (exact) mass is 418 g/mol. The van der Waals surface area contributed by atoms with Gasteiger partial charge in [-0.15, -0.1) is 0 Å². The number of hydrogen-bond donors (Lipinski definition) is 4. The van der Waals surface area contributed by atoms with Gasteiger partial charge in [0, 0.05) is 41.9 Å². The molecule has 31 heavy (non-hydrogen) atoms. The Morgan fingerprint density at radius 3 is 1.90 bits per heavy atom. The minimum absolute atomic E-state index is 0.306. The number of fused-ring (bicyclic) bond motifs is 2. The molecule has 0 saturated heterocycles. The first-order valence-electron chi connectivity index (χ1n) is 11.0. The highest BCUT2D eigenvalue weighted by Gasteiger charge is 2.11. The van der Waals surface area contributed by atoms with Gasteiger partial charge in [-0.3, -0.25) is 14.9 Å². The summed E-state index contributed by atoms with van der Waals surface area (Å²) in [7, 11) is 0. The van der Waals surface area contributed by atoms with Crippen LogP contribution in [-0.4, -0.2) is 32.5 Å². The first kappa shape index (κ1) is 21.2. The van der Waals surface area contributed by atoms with Crippen LogP contribution in [0, 0.1) is 0 Å². The van der Waals surface area contributed by atoms with Gasteiger partial charge in [0.05, 0.1) is 0 Å². The van der Waals surface area contributed by atoms with E-state index in [2.05, 4.69) is 75.5 Å². The molecule has 4 N–H and O–H groups in total. The lowest BCUT2D eigenvalue weighted by molar-refractivity contribution is -0.129. The Balaban J connectivity index is 1.39. The lowest BCUT2D eigenvalue weighted by Gasteiger charge is -2.21. The van der Waals surface area contributed by atoms with Crippen LogP contribution in [-0.2, 0) is 17.9 Å². The second-order valence-electron chi connectivity index (χ2n) is 8.17. The van der Waals surface area contributed by atoms with Crippen molar-refractivity contribution < 1.29 is 10.0 Å². The maximum atomic E-state index is 11.1. The van der Waals surface area contributed by atoms with Crippen LogP contribution in [0.2, 0.25) is 0 Å². The predicted octanol–water partition coefficient (Wildman–Crippen LogP) is 5.11. The van der Waals surface area contributed by atoms with Crippen LogP contribution in [0.4, 0.5) is 0 Å². The number of hydroxylamine groups is 1. The number of hydrogen-bond acceptors (Lipinski definition) is 3. The van der Waals surface area contributed by atoms with Crippen molar-refractivity contribution in [3.63, 3.8) is 0 Å². The summed E-state index contributed by atoms with van der Waals surface area (Å²) in [6.07, 6.45) is 4.30. The average Bonchev–Trinajstić information content (AvgIpc) is 3.38. The minimum atomic E-state index is -0.306. The van der Waals surface area contributed by atoms with Gasteiger partial charge in [0.15, 0.2) is 0 Å². The maximum Gasteiger partial charge on any atom is 0.243 e. The topological polar surface area (TPSA) is 84.2 Å². The molecule has 2 aromatic carbocycles. The molecule has 6 heteroatoms. The molecule has 0 aliphatic heterocycles. The van der Waals surface area contributed by atoms with E-state index in [1.807, 2.05) is 0 Å². The summed E-state index contributed by atoms with van der Waals surface area (Å²) in [5, 5.41) is 11.1. The van der Waals surface area contributed by atoms with E-state index >= 15 is 0 Å². The molecule has 6 nitrogen and oxygen atoms in total. The zero-order valence-corrected chi connectivity index (χ0v) is 17.7. The van der Waals surface area contributed by atoms with Crippen molar-refractivity contribution in [2.24, 2.45) is 0 Å². The van der Waals surface area contributed by atoms with Crippen molar-refractivity contribution in [3.05, 3.63) is 72.1 Å². The Labute approximate surface area is 182 Å². The number of unbranched alkanes of at least 4 members (excludes halogenated alkanes) is 3. The Bertz CT molecular complexity index is 989. The Kier molecular flexibility index (Phi) is 7.02. The standard InChI is InChI=1S/C25H30N4O2/c30-25(28-31)13-3-1-2-8-14-29(17-21-15-19-9-4-6-11-23(19)26-21)18-22-16-20-10-5-7-12-24(20)27-22/h4-7,9-12,15-16,26-27,31H,1-3,8,13-14,17-18H2,(H,28,30). The fraction of sp³-hybridized carbons (Fsp3) is 0.320. The van der Waals surface area contributed by atoms with Gasteiger partial charge in [-0.25, -0.2) is 5.48 Å². The molecule has 0 saturated carbocycles. The van der Waals surface area contributed by atoms with Crippen LogP contribution in [0.25, 0.3) is 21.8 Å². The van der Waals surface area contributed by atoms with Gasteiger partial charge in [0.25, 0.3) is 0 Å². The number of para-hydroxylation sites is 2. The van der Waals surface area contributed by atoms with Gasteiger partial charge in [-0.05, 0) is 54.4 Å². The van der Waals surface area contributed by atoms with E-state index in [1.54, 1.807) is 5.48 Å². The van der Waals surface area contributed by atoms with Crippen LogP contribution in [0.5, 0.6) is 0 Å². The number of rotatable bonds is 11. The number of amides is 1. The van der Waals surface area contributed by atoms with E-state index in [-0.39, 0.29) is 5.91 Å². The maximum absolute atomic E-state index is 11.1. The summed E-state index contributed by atoms with van der Waals surface area (Å²) in [5.74, 6) is -0.306. The molecule has 0 atom stereocenters. The van der Waals surface area contributed by atoms with E-state index in [9.17, 15) is 4.79 Å². The van der Waals surface area contributed by atoms with Crippen molar-refractivity contribution in [2.75, 3.05) is 6.54 Å². The first-order valence-corrected chi connectivity index (χ1v) is 11.0. The van der Waals surface area contributed by atoms with Gasteiger partial charge in [0.1, 0.15) is 0 Å². The number of carbonyl (C=O) groups excluding carboxylic acids is 1. The molecule has 4 rings (SSSR count). The van der Waals surface area contributed by atoms with Gasteiger partial charge in [-0.2, -0.15) is 0 Å². The van der Waals surface area contributed by atoms with Crippen LogP contribution < -0.4 is 5.48 Å².